The number of nitrogens with one attached hydrogen (secondary N) is 2. The lowest BCUT2D eigenvalue weighted by Crippen LogP contribution is -2.37. The molecule has 0 bridgehead atoms. The van der Waals surface area contributed by atoms with Gasteiger partial charge in [-0.25, -0.2) is 9.98 Å². The van der Waals surface area contributed by atoms with Crippen LogP contribution in [0.3, 0.4) is 0 Å². The summed E-state index contributed by atoms with van der Waals surface area (Å²) in [6, 6.07) is 5.89. The van der Waals surface area contributed by atoms with E-state index in [4.69, 9.17) is 0 Å². The van der Waals surface area contributed by atoms with E-state index < -0.39 is 0 Å². The first kappa shape index (κ1) is 16.4. The Balaban J connectivity index is 1.94. The third kappa shape index (κ3) is 5.11. The van der Waals surface area contributed by atoms with Gasteiger partial charge in [0.2, 0.25) is 0 Å². The highest BCUT2D eigenvalue weighted by Crippen LogP contribution is 2.19. The molecule has 0 fully saturated rings. The zero-order valence-electron chi connectivity index (χ0n) is 13.3. The van der Waals surface area contributed by atoms with Crippen molar-refractivity contribution in [3.63, 3.8) is 0 Å². The van der Waals surface area contributed by atoms with Crippen molar-refractivity contribution >= 4 is 17.3 Å². The number of nitrogens with zero attached hydrogens (tertiary/aromatic N) is 3. The lowest BCUT2D eigenvalue weighted by atomic mass is 10.2. The number of pyridine rings is 1. The molecular weight excluding hydrogens is 294 g/mol. The molecule has 2 aromatic heterocycles. The van der Waals surface area contributed by atoms with E-state index in [0.717, 1.165) is 28.9 Å². The Morgan fingerprint density at radius 2 is 2.14 bits per heavy atom. The van der Waals surface area contributed by atoms with Crippen LogP contribution in [0.15, 0.2) is 34.8 Å². The molecular formula is C16H23N5S. The van der Waals surface area contributed by atoms with Gasteiger partial charge in [-0.3, -0.25) is 4.98 Å². The zero-order chi connectivity index (χ0) is 15.8. The van der Waals surface area contributed by atoms with Gasteiger partial charge in [-0.2, -0.15) is 0 Å². The summed E-state index contributed by atoms with van der Waals surface area (Å²) in [7, 11) is 0. The van der Waals surface area contributed by atoms with Gasteiger partial charge >= 0.3 is 0 Å². The van der Waals surface area contributed by atoms with Gasteiger partial charge in [-0.15, -0.1) is 11.3 Å². The van der Waals surface area contributed by atoms with Crippen molar-refractivity contribution in [2.45, 2.75) is 39.8 Å². The van der Waals surface area contributed by atoms with Gasteiger partial charge in [-0.1, -0.05) is 19.9 Å². The molecule has 0 radical (unpaired) electrons. The number of guanidine groups is 1. The Bertz CT molecular complexity index is 592. The first-order valence-electron chi connectivity index (χ1n) is 7.55. The molecule has 2 N–H and O–H groups in total. The Morgan fingerprint density at radius 1 is 1.27 bits per heavy atom. The molecule has 2 aromatic rings. The van der Waals surface area contributed by atoms with Crippen LogP contribution in [0, 0.1) is 0 Å². The van der Waals surface area contributed by atoms with E-state index in [0.29, 0.717) is 19.0 Å². The van der Waals surface area contributed by atoms with Crippen LogP contribution in [-0.2, 0) is 13.1 Å². The summed E-state index contributed by atoms with van der Waals surface area (Å²) < 4.78 is 0. The van der Waals surface area contributed by atoms with E-state index in [1.807, 2.05) is 18.2 Å². The third-order valence-corrected chi connectivity index (χ3v) is 4.16. The van der Waals surface area contributed by atoms with E-state index in [2.05, 4.69) is 51.7 Å². The van der Waals surface area contributed by atoms with Crippen molar-refractivity contribution in [3.8, 4) is 0 Å². The summed E-state index contributed by atoms with van der Waals surface area (Å²) >= 11 is 1.70. The average Bonchev–Trinajstić information content (AvgIpc) is 3.00. The lowest BCUT2D eigenvalue weighted by Gasteiger charge is -2.10. The van der Waals surface area contributed by atoms with Crippen LogP contribution in [0.1, 0.15) is 43.1 Å². The van der Waals surface area contributed by atoms with Gasteiger partial charge in [-0.05, 0) is 19.1 Å². The van der Waals surface area contributed by atoms with Gasteiger partial charge in [0.15, 0.2) is 5.96 Å². The summed E-state index contributed by atoms with van der Waals surface area (Å²) in [5.74, 6) is 1.26. The number of thiazole rings is 1. The summed E-state index contributed by atoms with van der Waals surface area (Å²) in [6.45, 7) is 8.43. The van der Waals surface area contributed by atoms with Crippen molar-refractivity contribution in [2.75, 3.05) is 6.54 Å². The quantitative estimate of drug-likeness (QED) is 0.635. The van der Waals surface area contributed by atoms with Crippen LogP contribution in [0.25, 0.3) is 0 Å². The first-order valence-corrected chi connectivity index (χ1v) is 8.43. The Morgan fingerprint density at radius 3 is 2.77 bits per heavy atom. The Hall–Kier alpha value is -1.95. The summed E-state index contributed by atoms with van der Waals surface area (Å²) in [6.07, 6.45) is 1.80. The second-order valence-corrected chi connectivity index (χ2v) is 6.09. The van der Waals surface area contributed by atoms with E-state index in [-0.39, 0.29) is 0 Å². The summed E-state index contributed by atoms with van der Waals surface area (Å²) in [4.78, 5) is 13.5. The molecule has 2 rings (SSSR count). The van der Waals surface area contributed by atoms with Crippen molar-refractivity contribution in [1.29, 1.82) is 0 Å². The maximum atomic E-state index is 4.60. The van der Waals surface area contributed by atoms with Gasteiger partial charge in [0.05, 0.1) is 29.5 Å². The van der Waals surface area contributed by atoms with E-state index >= 15 is 0 Å². The number of aliphatic imine (C=N–C) groups is 1. The number of hydrogen-bond donors (Lipinski definition) is 2. The molecule has 0 unspecified atom stereocenters. The molecule has 0 saturated heterocycles. The van der Waals surface area contributed by atoms with Crippen LogP contribution in [0.2, 0.25) is 0 Å². The predicted octanol–water partition coefficient (Wildman–Crippen LogP) is 2.92. The number of rotatable bonds is 6. The molecule has 0 saturated carbocycles. The second kappa shape index (κ2) is 8.48. The lowest BCUT2D eigenvalue weighted by molar-refractivity contribution is 0.793. The minimum Gasteiger partial charge on any atom is -0.357 e. The molecule has 2 heterocycles. The van der Waals surface area contributed by atoms with Crippen LogP contribution >= 0.6 is 11.3 Å². The van der Waals surface area contributed by atoms with E-state index in [1.54, 1.807) is 17.5 Å². The molecule has 0 aliphatic carbocycles. The fourth-order valence-electron chi connectivity index (χ4n) is 1.84. The molecule has 0 aliphatic rings. The monoisotopic (exact) mass is 317 g/mol. The molecule has 0 spiro atoms. The van der Waals surface area contributed by atoms with Crippen LogP contribution in [-0.4, -0.2) is 22.5 Å². The maximum Gasteiger partial charge on any atom is 0.191 e. The van der Waals surface area contributed by atoms with Crippen molar-refractivity contribution in [1.82, 2.24) is 20.6 Å². The van der Waals surface area contributed by atoms with Crippen LogP contribution in [0.5, 0.6) is 0 Å². The number of aromatic nitrogens is 2. The molecule has 118 valence electrons. The Kier molecular flexibility index (Phi) is 6.33. The van der Waals surface area contributed by atoms with Crippen LogP contribution in [0.4, 0.5) is 0 Å². The fraction of sp³-hybridized carbons (Fsp3) is 0.438. The van der Waals surface area contributed by atoms with Gasteiger partial charge < -0.3 is 10.6 Å². The standard InChI is InChI=1S/C16H23N5S/c1-4-17-16(19-9-13-7-5-6-8-18-13)20-10-14-11-22-15(21-14)12(2)3/h5-8,11-12H,4,9-10H2,1-3H3,(H2,17,19,20). The topological polar surface area (TPSA) is 62.2 Å². The normalized spacial score (nSPS) is 11.7. The molecule has 22 heavy (non-hydrogen) atoms. The van der Waals surface area contributed by atoms with Crippen molar-refractivity contribution < 1.29 is 0 Å². The van der Waals surface area contributed by atoms with Crippen molar-refractivity contribution in [3.05, 3.63) is 46.2 Å². The summed E-state index contributed by atoms with van der Waals surface area (Å²) in [5.41, 5.74) is 2.01. The highest BCUT2D eigenvalue weighted by Gasteiger charge is 2.06. The average molecular weight is 317 g/mol. The summed E-state index contributed by atoms with van der Waals surface area (Å²) in [5, 5.41) is 9.78. The van der Waals surface area contributed by atoms with E-state index in [9.17, 15) is 0 Å². The fourth-order valence-corrected chi connectivity index (χ4v) is 2.67. The molecule has 5 nitrogen and oxygen atoms in total. The van der Waals surface area contributed by atoms with Gasteiger partial charge in [0, 0.05) is 24.0 Å². The molecule has 0 aliphatic heterocycles. The van der Waals surface area contributed by atoms with Gasteiger partial charge in [0.25, 0.3) is 0 Å². The Labute approximate surface area is 135 Å². The molecule has 6 heteroatoms. The van der Waals surface area contributed by atoms with Gasteiger partial charge in [0.1, 0.15) is 0 Å². The zero-order valence-corrected chi connectivity index (χ0v) is 14.2. The van der Waals surface area contributed by atoms with E-state index in [1.165, 1.54) is 0 Å². The van der Waals surface area contributed by atoms with Crippen molar-refractivity contribution in [2.24, 2.45) is 4.99 Å². The number of hydrogen-bond acceptors (Lipinski definition) is 4. The maximum absolute atomic E-state index is 4.60. The molecule has 0 amide bonds. The first-order chi connectivity index (χ1) is 10.7. The smallest absolute Gasteiger partial charge is 0.191 e. The molecule has 0 atom stereocenters. The minimum absolute atomic E-state index is 0.471. The minimum atomic E-state index is 0.471. The largest absolute Gasteiger partial charge is 0.357 e. The van der Waals surface area contributed by atoms with Crippen LogP contribution < -0.4 is 10.6 Å². The third-order valence-electron chi connectivity index (χ3n) is 2.97. The predicted molar refractivity (Wildman–Crippen MR) is 92.1 cm³/mol. The molecule has 0 aromatic carbocycles. The highest BCUT2D eigenvalue weighted by molar-refractivity contribution is 7.09. The second-order valence-electron chi connectivity index (χ2n) is 5.20. The highest BCUT2D eigenvalue weighted by atomic mass is 32.1. The SMILES string of the molecule is CCNC(=NCc1csc(C(C)C)n1)NCc1ccccn1.